The molecule has 0 bridgehead atoms. The molecule has 0 radical (unpaired) electrons. The van der Waals surface area contributed by atoms with Crippen molar-refractivity contribution in [3.05, 3.63) is 23.8 Å². The first-order valence-electron chi connectivity index (χ1n) is 7.24. The largest absolute Gasteiger partial charge is 0.497 e. The van der Waals surface area contributed by atoms with E-state index in [1.54, 1.807) is 14.2 Å². The molecule has 1 N–H and O–H groups in total. The lowest BCUT2D eigenvalue weighted by Crippen LogP contribution is -2.33. The van der Waals surface area contributed by atoms with E-state index in [0.717, 1.165) is 23.3 Å². The molecule has 0 unspecified atom stereocenters. The van der Waals surface area contributed by atoms with E-state index in [2.05, 4.69) is 17.6 Å². The predicted octanol–water partition coefficient (Wildman–Crippen LogP) is 3.47. The maximum Gasteiger partial charge on any atom is 0.123 e. The lowest BCUT2D eigenvalue weighted by atomic mass is 9.95. The van der Waals surface area contributed by atoms with E-state index in [4.69, 9.17) is 9.47 Å². The Morgan fingerprint density at radius 3 is 2.50 bits per heavy atom. The monoisotopic (exact) mass is 295 g/mol. The van der Waals surface area contributed by atoms with Crippen LogP contribution < -0.4 is 14.8 Å². The van der Waals surface area contributed by atoms with Gasteiger partial charge in [-0.3, -0.25) is 0 Å². The van der Waals surface area contributed by atoms with Crippen LogP contribution in [0.15, 0.2) is 18.2 Å². The minimum absolute atomic E-state index is 0.634. The number of benzene rings is 1. The summed E-state index contributed by atoms with van der Waals surface area (Å²) in [5.41, 5.74) is 1.17. The zero-order valence-electron chi connectivity index (χ0n) is 12.6. The Bertz CT molecular complexity index is 417. The van der Waals surface area contributed by atoms with Gasteiger partial charge in [0, 0.05) is 23.4 Å². The average Bonchev–Trinajstić information content (AvgIpc) is 2.53. The standard InChI is InChI=1S/C16H25NO2S/c1-18-14-6-9-16(19-2)12(10-14)11-17-13-4-7-15(20-3)8-5-13/h6,9-10,13,15,17H,4-5,7-8,11H2,1-3H3. The normalized spacial score (nSPS) is 22.6. The number of rotatable bonds is 6. The Labute approximate surface area is 126 Å². The van der Waals surface area contributed by atoms with Gasteiger partial charge in [-0.1, -0.05) is 0 Å². The second kappa shape index (κ2) is 7.79. The summed E-state index contributed by atoms with van der Waals surface area (Å²) in [6.45, 7) is 0.842. The minimum Gasteiger partial charge on any atom is -0.497 e. The molecule has 0 spiro atoms. The highest BCUT2D eigenvalue weighted by molar-refractivity contribution is 7.99. The molecule has 1 aromatic carbocycles. The van der Waals surface area contributed by atoms with E-state index in [-0.39, 0.29) is 0 Å². The predicted molar refractivity (Wildman–Crippen MR) is 85.9 cm³/mol. The first kappa shape index (κ1) is 15.5. The van der Waals surface area contributed by atoms with Gasteiger partial charge in [0.25, 0.3) is 0 Å². The Morgan fingerprint density at radius 1 is 1.15 bits per heavy atom. The van der Waals surface area contributed by atoms with E-state index in [1.807, 2.05) is 23.9 Å². The van der Waals surface area contributed by atoms with Gasteiger partial charge >= 0.3 is 0 Å². The molecule has 0 aliphatic heterocycles. The number of hydrogen-bond acceptors (Lipinski definition) is 4. The van der Waals surface area contributed by atoms with Crippen molar-refractivity contribution >= 4 is 11.8 Å². The van der Waals surface area contributed by atoms with Crippen LogP contribution in [0.4, 0.5) is 0 Å². The summed E-state index contributed by atoms with van der Waals surface area (Å²) in [5.74, 6) is 1.81. The first-order valence-corrected chi connectivity index (χ1v) is 8.52. The highest BCUT2D eigenvalue weighted by atomic mass is 32.2. The van der Waals surface area contributed by atoms with Crippen LogP contribution >= 0.6 is 11.8 Å². The topological polar surface area (TPSA) is 30.5 Å². The lowest BCUT2D eigenvalue weighted by molar-refractivity contribution is 0.368. The van der Waals surface area contributed by atoms with Crippen LogP contribution in [-0.4, -0.2) is 31.8 Å². The summed E-state index contributed by atoms with van der Waals surface area (Å²) in [6.07, 6.45) is 7.43. The van der Waals surface area contributed by atoms with Crippen molar-refractivity contribution in [2.75, 3.05) is 20.5 Å². The Hall–Kier alpha value is -0.870. The Balaban J connectivity index is 1.90. The van der Waals surface area contributed by atoms with E-state index in [0.29, 0.717) is 6.04 Å². The molecule has 0 atom stereocenters. The average molecular weight is 295 g/mol. The summed E-state index contributed by atoms with van der Waals surface area (Å²) in [7, 11) is 3.41. The highest BCUT2D eigenvalue weighted by Gasteiger charge is 2.20. The van der Waals surface area contributed by atoms with Gasteiger partial charge in [0.1, 0.15) is 11.5 Å². The van der Waals surface area contributed by atoms with Crippen molar-refractivity contribution in [1.29, 1.82) is 0 Å². The van der Waals surface area contributed by atoms with Crippen LogP contribution in [0.3, 0.4) is 0 Å². The van der Waals surface area contributed by atoms with Gasteiger partial charge in [0.2, 0.25) is 0 Å². The molecule has 4 heteroatoms. The van der Waals surface area contributed by atoms with Gasteiger partial charge in [-0.15, -0.1) is 0 Å². The summed E-state index contributed by atoms with van der Waals surface area (Å²) in [5, 5.41) is 4.52. The summed E-state index contributed by atoms with van der Waals surface area (Å²) >= 11 is 2.01. The second-order valence-corrected chi connectivity index (χ2v) is 6.41. The smallest absolute Gasteiger partial charge is 0.123 e. The summed E-state index contributed by atoms with van der Waals surface area (Å²) in [4.78, 5) is 0. The van der Waals surface area contributed by atoms with E-state index in [9.17, 15) is 0 Å². The third-order valence-electron chi connectivity index (χ3n) is 4.08. The molecule has 0 amide bonds. The van der Waals surface area contributed by atoms with Gasteiger partial charge in [0.05, 0.1) is 14.2 Å². The maximum absolute atomic E-state index is 5.42. The van der Waals surface area contributed by atoms with Crippen molar-refractivity contribution in [2.24, 2.45) is 0 Å². The fourth-order valence-electron chi connectivity index (χ4n) is 2.78. The number of methoxy groups -OCH3 is 2. The molecule has 0 aromatic heterocycles. The second-order valence-electron chi connectivity index (χ2n) is 5.27. The Kier molecular flexibility index (Phi) is 6.05. The van der Waals surface area contributed by atoms with Crippen molar-refractivity contribution in [3.63, 3.8) is 0 Å². The van der Waals surface area contributed by atoms with Crippen LogP contribution in [0.5, 0.6) is 11.5 Å². The SMILES string of the molecule is COc1ccc(OC)c(CNC2CCC(SC)CC2)c1. The minimum atomic E-state index is 0.634. The fourth-order valence-corrected chi connectivity index (χ4v) is 3.52. The molecular weight excluding hydrogens is 270 g/mol. The van der Waals surface area contributed by atoms with Gasteiger partial charge in [-0.25, -0.2) is 0 Å². The third kappa shape index (κ3) is 4.06. The molecule has 1 aliphatic carbocycles. The molecule has 3 nitrogen and oxygen atoms in total. The molecule has 112 valence electrons. The van der Waals surface area contributed by atoms with Crippen LogP contribution in [0.2, 0.25) is 0 Å². The van der Waals surface area contributed by atoms with Gasteiger partial charge in [-0.2, -0.15) is 11.8 Å². The molecule has 20 heavy (non-hydrogen) atoms. The van der Waals surface area contributed by atoms with Gasteiger partial charge < -0.3 is 14.8 Å². The van der Waals surface area contributed by atoms with Crippen LogP contribution in [-0.2, 0) is 6.54 Å². The molecule has 1 aromatic rings. The third-order valence-corrected chi connectivity index (χ3v) is 5.21. The number of ether oxygens (including phenoxy) is 2. The van der Waals surface area contributed by atoms with Crippen molar-refractivity contribution in [1.82, 2.24) is 5.32 Å². The lowest BCUT2D eigenvalue weighted by Gasteiger charge is -2.28. The summed E-state index contributed by atoms with van der Waals surface area (Å²) in [6, 6.07) is 6.60. The van der Waals surface area contributed by atoms with Crippen LogP contribution in [0.1, 0.15) is 31.2 Å². The Morgan fingerprint density at radius 2 is 1.90 bits per heavy atom. The van der Waals surface area contributed by atoms with E-state index >= 15 is 0 Å². The summed E-state index contributed by atoms with van der Waals surface area (Å²) < 4.78 is 10.7. The number of thioether (sulfide) groups is 1. The molecule has 2 rings (SSSR count). The zero-order chi connectivity index (χ0) is 14.4. The number of hydrogen-bond donors (Lipinski definition) is 1. The van der Waals surface area contributed by atoms with Crippen molar-refractivity contribution in [2.45, 2.75) is 43.5 Å². The quantitative estimate of drug-likeness (QED) is 0.870. The molecule has 0 heterocycles. The molecule has 0 saturated heterocycles. The molecular formula is C16H25NO2S. The number of nitrogens with one attached hydrogen (secondary N) is 1. The zero-order valence-corrected chi connectivity index (χ0v) is 13.5. The highest BCUT2D eigenvalue weighted by Crippen LogP contribution is 2.28. The van der Waals surface area contributed by atoms with Crippen molar-refractivity contribution < 1.29 is 9.47 Å². The van der Waals surface area contributed by atoms with Crippen molar-refractivity contribution in [3.8, 4) is 11.5 Å². The van der Waals surface area contributed by atoms with Gasteiger partial charge in [-0.05, 0) is 50.1 Å². The first-order chi connectivity index (χ1) is 9.76. The maximum atomic E-state index is 5.42. The molecule has 1 saturated carbocycles. The van der Waals surface area contributed by atoms with Crippen LogP contribution in [0.25, 0.3) is 0 Å². The van der Waals surface area contributed by atoms with E-state index < -0.39 is 0 Å². The molecule has 1 fully saturated rings. The molecule has 1 aliphatic rings. The van der Waals surface area contributed by atoms with Gasteiger partial charge in [0.15, 0.2) is 0 Å². The van der Waals surface area contributed by atoms with E-state index in [1.165, 1.54) is 31.2 Å². The fraction of sp³-hybridized carbons (Fsp3) is 0.625. The van der Waals surface area contributed by atoms with Crippen LogP contribution in [0, 0.1) is 0 Å².